The first-order chi connectivity index (χ1) is 8.69. The highest BCUT2D eigenvalue weighted by atomic mass is 32.1. The lowest BCUT2D eigenvalue weighted by atomic mass is 10.0. The molecule has 1 unspecified atom stereocenters. The molecule has 3 nitrogen and oxygen atoms in total. The second-order valence-electron chi connectivity index (χ2n) is 4.23. The number of hydrogen-bond acceptors (Lipinski definition) is 4. The quantitative estimate of drug-likeness (QED) is 0.901. The number of methoxy groups -OCH3 is 1. The lowest BCUT2D eigenvalue weighted by Gasteiger charge is -2.12. The second-order valence-corrected chi connectivity index (χ2v) is 5.29. The van der Waals surface area contributed by atoms with Crippen LogP contribution in [0.1, 0.15) is 16.3 Å². The molecule has 0 aliphatic carbocycles. The summed E-state index contributed by atoms with van der Waals surface area (Å²) in [4.78, 5) is 4.36. The summed E-state index contributed by atoms with van der Waals surface area (Å²) < 4.78 is 5.28. The Morgan fingerprint density at radius 1 is 1.33 bits per heavy atom. The van der Waals surface area contributed by atoms with Gasteiger partial charge >= 0.3 is 0 Å². The number of aliphatic hydroxyl groups excluding tert-OH is 1. The van der Waals surface area contributed by atoms with Gasteiger partial charge in [0.05, 0.1) is 23.9 Å². The van der Waals surface area contributed by atoms with Gasteiger partial charge in [-0.25, -0.2) is 4.98 Å². The van der Waals surface area contributed by atoms with Crippen LogP contribution in [0, 0.1) is 6.92 Å². The highest BCUT2D eigenvalue weighted by Gasteiger charge is 2.11. The first-order valence-electron chi connectivity index (χ1n) is 5.90. The normalized spacial score (nSPS) is 12.4. The topological polar surface area (TPSA) is 42.4 Å². The van der Waals surface area contributed by atoms with E-state index in [0.717, 1.165) is 22.0 Å². The average molecular weight is 263 g/mol. The van der Waals surface area contributed by atoms with Gasteiger partial charge in [-0.3, -0.25) is 0 Å². The molecular weight excluding hydrogens is 246 g/mol. The number of thiazole rings is 1. The molecule has 0 saturated heterocycles. The molecule has 1 atom stereocenters. The van der Waals surface area contributed by atoms with Crippen molar-refractivity contribution in [3.8, 4) is 5.75 Å². The smallest absolute Gasteiger partial charge is 0.122 e. The van der Waals surface area contributed by atoms with Crippen molar-refractivity contribution < 1.29 is 9.84 Å². The molecule has 1 aromatic carbocycles. The summed E-state index contributed by atoms with van der Waals surface area (Å²) in [6, 6.07) is 7.78. The molecule has 18 heavy (non-hydrogen) atoms. The second kappa shape index (κ2) is 5.98. The fourth-order valence-electron chi connectivity index (χ4n) is 1.94. The summed E-state index contributed by atoms with van der Waals surface area (Å²) in [5.74, 6) is 0.825. The zero-order chi connectivity index (χ0) is 13.0. The Morgan fingerprint density at radius 2 is 2.11 bits per heavy atom. The third kappa shape index (κ3) is 3.31. The Hall–Kier alpha value is -1.39. The van der Waals surface area contributed by atoms with Crippen LogP contribution in [0.5, 0.6) is 5.75 Å². The average Bonchev–Trinajstić information content (AvgIpc) is 2.75. The monoisotopic (exact) mass is 263 g/mol. The largest absolute Gasteiger partial charge is 0.496 e. The van der Waals surface area contributed by atoms with E-state index < -0.39 is 6.10 Å². The van der Waals surface area contributed by atoms with E-state index in [9.17, 15) is 5.11 Å². The molecule has 2 aromatic rings. The van der Waals surface area contributed by atoms with Gasteiger partial charge in [0.25, 0.3) is 0 Å². The highest BCUT2D eigenvalue weighted by Crippen LogP contribution is 2.20. The van der Waals surface area contributed by atoms with E-state index in [-0.39, 0.29) is 0 Å². The summed E-state index contributed by atoms with van der Waals surface area (Å²) in [7, 11) is 1.65. The van der Waals surface area contributed by atoms with E-state index in [1.165, 1.54) is 0 Å². The molecule has 96 valence electrons. The highest BCUT2D eigenvalue weighted by molar-refractivity contribution is 7.09. The molecule has 0 spiro atoms. The molecule has 0 aliphatic heterocycles. The molecule has 1 N–H and O–H groups in total. The molecule has 0 aliphatic rings. The van der Waals surface area contributed by atoms with Crippen LogP contribution in [0.25, 0.3) is 0 Å². The van der Waals surface area contributed by atoms with Crippen molar-refractivity contribution in [1.82, 2.24) is 4.98 Å². The first-order valence-corrected chi connectivity index (χ1v) is 6.78. The van der Waals surface area contributed by atoms with Gasteiger partial charge < -0.3 is 9.84 Å². The van der Waals surface area contributed by atoms with Crippen molar-refractivity contribution >= 4 is 11.3 Å². The molecule has 0 amide bonds. The van der Waals surface area contributed by atoms with Crippen molar-refractivity contribution in [3.63, 3.8) is 0 Å². The molecular formula is C14H17NO2S. The molecule has 1 aromatic heterocycles. The molecule has 2 rings (SSSR count). The maximum absolute atomic E-state index is 10.1. The molecule has 0 saturated carbocycles. The third-order valence-electron chi connectivity index (χ3n) is 2.76. The van der Waals surface area contributed by atoms with Crippen molar-refractivity contribution in [1.29, 1.82) is 0 Å². The third-order valence-corrected chi connectivity index (χ3v) is 3.58. The van der Waals surface area contributed by atoms with E-state index in [0.29, 0.717) is 12.8 Å². The molecule has 4 heteroatoms. The molecule has 0 fully saturated rings. The minimum atomic E-state index is -0.428. The van der Waals surface area contributed by atoms with Gasteiger partial charge in [-0.05, 0) is 18.6 Å². The Labute approximate surface area is 111 Å². The lowest BCUT2D eigenvalue weighted by Crippen LogP contribution is -2.14. The van der Waals surface area contributed by atoms with Gasteiger partial charge in [-0.2, -0.15) is 0 Å². The summed E-state index contributed by atoms with van der Waals surface area (Å²) >= 11 is 1.61. The molecule has 0 bridgehead atoms. The van der Waals surface area contributed by atoms with Gasteiger partial charge in [-0.15, -0.1) is 11.3 Å². The van der Waals surface area contributed by atoms with Crippen LogP contribution in [-0.2, 0) is 12.8 Å². The molecule has 1 heterocycles. The maximum atomic E-state index is 10.1. The predicted octanol–water partition coefficient (Wildman–Crippen LogP) is 2.61. The van der Waals surface area contributed by atoms with Crippen LogP contribution in [0.4, 0.5) is 0 Å². The number of aromatic nitrogens is 1. The Bertz CT molecular complexity index is 510. The van der Waals surface area contributed by atoms with Crippen LogP contribution in [0.2, 0.25) is 0 Å². The van der Waals surface area contributed by atoms with Gasteiger partial charge in [0.15, 0.2) is 0 Å². The van der Waals surface area contributed by atoms with Gasteiger partial charge in [0.2, 0.25) is 0 Å². The van der Waals surface area contributed by atoms with Crippen LogP contribution < -0.4 is 4.74 Å². The Morgan fingerprint density at radius 3 is 2.78 bits per heavy atom. The Kier molecular flexibility index (Phi) is 4.33. The summed E-state index contributed by atoms with van der Waals surface area (Å²) in [6.07, 6.45) is 0.742. The van der Waals surface area contributed by atoms with Crippen LogP contribution >= 0.6 is 11.3 Å². The van der Waals surface area contributed by atoms with E-state index in [1.807, 2.05) is 36.6 Å². The van der Waals surface area contributed by atoms with Gasteiger partial charge in [-0.1, -0.05) is 18.2 Å². The minimum Gasteiger partial charge on any atom is -0.496 e. The summed E-state index contributed by atoms with van der Waals surface area (Å²) in [5.41, 5.74) is 1.99. The number of rotatable bonds is 5. The first kappa shape index (κ1) is 13.1. The van der Waals surface area contributed by atoms with E-state index in [1.54, 1.807) is 18.4 Å². The lowest BCUT2D eigenvalue weighted by molar-refractivity contribution is 0.173. The number of aryl methyl sites for hydroxylation is 1. The van der Waals surface area contributed by atoms with Gasteiger partial charge in [0, 0.05) is 18.2 Å². The fraction of sp³-hybridized carbons (Fsp3) is 0.357. The van der Waals surface area contributed by atoms with E-state index >= 15 is 0 Å². The van der Waals surface area contributed by atoms with Gasteiger partial charge in [0.1, 0.15) is 5.75 Å². The zero-order valence-electron chi connectivity index (χ0n) is 10.6. The van der Waals surface area contributed by atoms with Crippen molar-refractivity contribution in [3.05, 3.63) is 45.9 Å². The van der Waals surface area contributed by atoms with Crippen LogP contribution in [0.15, 0.2) is 29.6 Å². The number of ether oxygens (including phenoxy) is 1. The number of hydrogen-bond donors (Lipinski definition) is 1. The fourth-order valence-corrected chi connectivity index (χ4v) is 2.57. The maximum Gasteiger partial charge on any atom is 0.122 e. The Balaban J connectivity index is 2.00. The van der Waals surface area contributed by atoms with Crippen molar-refractivity contribution in [2.75, 3.05) is 7.11 Å². The number of para-hydroxylation sites is 1. The zero-order valence-corrected chi connectivity index (χ0v) is 11.4. The number of nitrogens with zero attached hydrogens (tertiary/aromatic N) is 1. The summed E-state index contributed by atoms with van der Waals surface area (Å²) in [5, 5.41) is 13.1. The minimum absolute atomic E-state index is 0.428. The van der Waals surface area contributed by atoms with E-state index in [4.69, 9.17) is 4.74 Å². The van der Waals surface area contributed by atoms with Crippen LogP contribution in [0.3, 0.4) is 0 Å². The standard InChI is InChI=1S/C14H17NO2S/c1-10-15-12(9-18-10)8-13(16)7-11-5-3-4-6-14(11)17-2/h3-6,9,13,16H,7-8H2,1-2H3. The number of benzene rings is 1. The van der Waals surface area contributed by atoms with E-state index in [2.05, 4.69) is 4.98 Å². The van der Waals surface area contributed by atoms with Crippen molar-refractivity contribution in [2.45, 2.75) is 25.9 Å². The predicted molar refractivity (Wildman–Crippen MR) is 73.3 cm³/mol. The summed E-state index contributed by atoms with van der Waals surface area (Å²) in [6.45, 7) is 1.97. The van der Waals surface area contributed by atoms with Crippen LogP contribution in [-0.4, -0.2) is 23.3 Å². The number of aliphatic hydroxyl groups is 1. The molecule has 0 radical (unpaired) electrons. The SMILES string of the molecule is COc1ccccc1CC(O)Cc1csc(C)n1. The van der Waals surface area contributed by atoms with Crippen molar-refractivity contribution in [2.24, 2.45) is 0 Å².